The van der Waals surface area contributed by atoms with Crippen molar-refractivity contribution in [3.05, 3.63) is 23.5 Å². The van der Waals surface area contributed by atoms with Crippen LogP contribution in [0.15, 0.2) is 18.5 Å². The van der Waals surface area contributed by atoms with E-state index in [9.17, 15) is 0 Å². The monoisotopic (exact) mass is 196 g/mol. The van der Waals surface area contributed by atoms with E-state index in [1.54, 1.807) is 12.4 Å². The fraction of sp³-hybridized carbons (Fsp3) is 0.500. The first-order valence-corrected chi connectivity index (χ1v) is 5.05. The van der Waals surface area contributed by atoms with Crippen LogP contribution in [0.4, 0.5) is 5.69 Å². The summed E-state index contributed by atoms with van der Waals surface area (Å²) < 4.78 is 0. The largest absolute Gasteiger partial charge is 0.381 e. The van der Waals surface area contributed by atoms with Gasteiger partial charge in [0.1, 0.15) is 0 Å². The number of hydrogen-bond acceptors (Lipinski definition) is 2. The standard InChI is InChI=1S/C10H13ClN2/c1-2-7-5-10(7)13-9-3-4-12-6-8(9)11/h3-4,6-7,10H,2,5H2,1H3,(H,12,13). The predicted octanol–water partition coefficient (Wildman–Crippen LogP) is 2.95. The van der Waals surface area contributed by atoms with Gasteiger partial charge in [0.25, 0.3) is 0 Å². The zero-order valence-corrected chi connectivity index (χ0v) is 8.38. The Hall–Kier alpha value is -0.760. The Kier molecular flexibility index (Phi) is 2.40. The molecule has 2 unspecified atom stereocenters. The maximum atomic E-state index is 5.96. The molecule has 1 saturated carbocycles. The van der Waals surface area contributed by atoms with Gasteiger partial charge in [-0.25, -0.2) is 0 Å². The Labute approximate surface area is 83.3 Å². The van der Waals surface area contributed by atoms with Gasteiger partial charge in [0.2, 0.25) is 0 Å². The molecule has 1 aliphatic rings. The zero-order valence-electron chi connectivity index (χ0n) is 7.63. The molecule has 0 radical (unpaired) electrons. The van der Waals surface area contributed by atoms with Crippen LogP contribution in [0.5, 0.6) is 0 Å². The molecule has 1 aromatic rings. The molecule has 70 valence electrons. The summed E-state index contributed by atoms with van der Waals surface area (Å²) in [5.74, 6) is 0.837. The molecule has 0 amide bonds. The van der Waals surface area contributed by atoms with Crippen LogP contribution in [-0.4, -0.2) is 11.0 Å². The normalized spacial score (nSPS) is 25.7. The fourth-order valence-electron chi connectivity index (χ4n) is 1.57. The van der Waals surface area contributed by atoms with Crippen LogP contribution in [0.1, 0.15) is 19.8 Å². The maximum Gasteiger partial charge on any atom is 0.0820 e. The third kappa shape index (κ3) is 1.94. The molecule has 3 heteroatoms. The van der Waals surface area contributed by atoms with E-state index in [0.29, 0.717) is 11.1 Å². The summed E-state index contributed by atoms with van der Waals surface area (Å²) in [5, 5.41) is 4.13. The molecule has 1 aromatic heterocycles. The summed E-state index contributed by atoms with van der Waals surface area (Å²) in [6.07, 6.45) is 5.96. The summed E-state index contributed by atoms with van der Waals surface area (Å²) >= 11 is 5.96. The van der Waals surface area contributed by atoms with E-state index < -0.39 is 0 Å². The van der Waals surface area contributed by atoms with Gasteiger partial charge >= 0.3 is 0 Å². The van der Waals surface area contributed by atoms with Crippen LogP contribution >= 0.6 is 11.6 Å². The van der Waals surface area contributed by atoms with Crippen LogP contribution < -0.4 is 5.32 Å². The van der Waals surface area contributed by atoms with Gasteiger partial charge in [0.15, 0.2) is 0 Å². The van der Waals surface area contributed by atoms with E-state index in [4.69, 9.17) is 11.6 Å². The number of pyridine rings is 1. The van der Waals surface area contributed by atoms with Crippen LogP contribution in [0.25, 0.3) is 0 Å². The summed E-state index contributed by atoms with van der Waals surface area (Å²) in [5.41, 5.74) is 1.01. The first-order valence-electron chi connectivity index (χ1n) is 4.67. The average molecular weight is 197 g/mol. The lowest BCUT2D eigenvalue weighted by molar-refractivity contribution is 0.775. The van der Waals surface area contributed by atoms with E-state index in [-0.39, 0.29) is 0 Å². The molecule has 0 bridgehead atoms. The molecule has 0 aliphatic heterocycles. The highest BCUT2D eigenvalue weighted by atomic mass is 35.5. The minimum Gasteiger partial charge on any atom is -0.381 e. The fourth-order valence-corrected chi connectivity index (χ4v) is 1.74. The van der Waals surface area contributed by atoms with E-state index in [0.717, 1.165) is 11.6 Å². The van der Waals surface area contributed by atoms with Crippen LogP contribution in [0, 0.1) is 5.92 Å². The molecule has 2 atom stereocenters. The molecule has 13 heavy (non-hydrogen) atoms. The van der Waals surface area contributed by atoms with Gasteiger partial charge in [-0.15, -0.1) is 0 Å². The summed E-state index contributed by atoms with van der Waals surface area (Å²) in [4.78, 5) is 3.94. The predicted molar refractivity (Wildman–Crippen MR) is 55.1 cm³/mol. The number of anilines is 1. The third-order valence-corrected chi connectivity index (χ3v) is 2.86. The van der Waals surface area contributed by atoms with E-state index >= 15 is 0 Å². The van der Waals surface area contributed by atoms with Gasteiger partial charge in [-0.2, -0.15) is 0 Å². The lowest BCUT2D eigenvalue weighted by atomic mass is 10.3. The van der Waals surface area contributed by atoms with Gasteiger partial charge < -0.3 is 5.32 Å². The average Bonchev–Trinajstić information content (AvgIpc) is 2.88. The van der Waals surface area contributed by atoms with Crippen molar-refractivity contribution in [3.63, 3.8) is 0 Å². The van der Waals surface area contributed by atoms with Gasteiger partial charge in [-0.05, 0) is 18.4 Å². The van der Waals surface area contributed by atoms with E-state index in [1.165, 1.54) is 12.8 Å². The first-order chi connectivity index (χ1) is 6.31. The molecular formula is C10H13ClN2. The molecule has 0 saturated heterocycles. The second-order valence-corrected chi connectivity index (χ2v) is 3.92. The molecule has 1 N–H and O–H groups in total. The third-order valence-electron chi connectivity index (χ3n) is 2.56. The Morgan fingerprint density at radius 2 is 2.54 bits per heavy atom. The summed E-state index contributed by atoms with van der Waals surface area (Å²) in [6.45, 7) is 2.22. The molecule has 1 fully saturated rings. The van der Waals surface area contributed by atoms with Crippen LogP contribution in [0.2, 0.25) is 5.02 Å². The topological polar surface area (TPSA) is 24.9 Å². The second kappa shape index (κ2) is 3.54. The Morgan fingerprint density at radius 3 is 3.15 bits per heavy atom. The van der Waals surface area contributed by atoms with Gasteiger partial charge in [-0.3, -0.25) is 4.98 Å². The van der Waals surface area contributed by atoms with Crippen molar-refractivity contribution in [2.24, 2.45) is 5.92 Å². The SMILES string of the molecule is CCC1CC1Nc1ccncc1Cl. The molecule has 0 aromatic carbocycles. The second-order valence-electron chi connectivity index (χ2n) is 3.51. The zero-order chi connectivity index (χ0) is 9.26. The highest BCUT2D eigenvalue weighted by Crippen LogP contribution is 2.37. The molecule has 1 aliphatic carbocycles. The first kappa shape index (κ1) is 8.82. The Bertz CT molecular complexity index is 301. The van der Waals surface area contributed by atoms with Crippen molar-refractivity contribution in [2.75, 3.05) is 5.32 Å². The molecule has 0 spiro atoms. The number of aromatic nitrogens is 1. The molecule has 2 rings (SSSR count). The molecule has 2 nitrogen and oxygen atoms in total. The number of hydrogen-bond donors (Lipinski definition) is 1. The minimum atomic E-state index is 0.630. The van der Waals surface area contributed by atoms with Gasteiger partial charge in [0, 0.05) is 18.4 Å². The van der Waals surface area contributed by atoms with E-state index in [2.05, 4.69) is 17.2 Å². The number of nitrogens with zero attached hydrogens (tertiary/aromatic N) is 1. The van der Waals surface area contributed by atoms with Crippen molar-refractivity contribution < 1.29 is 0 Å². The van der Waals surface area contributed by atoms with Crippen molar-refractivity contribution in [1.29, 1.82) is 0 Å². The highest BCUT2D eigenvalue weighted by molar-refractivity contribution is 6.33. The number of rotatable bonds is 3. The van der Waals surface area contributed by atoms with E-state index in [1.807, 2.05) is 6.07 Å². The van der Waals surface area contributed by atoms with Crippen molar-refractivity contribution in [1.82, 2.24) is 4.98 Å². The lowest BCUT2D eigenvalue weighted by Gasteiger charge is -2.06. The maximum absolute atomic E-state index is 5.96. The van der Waals surface area contributed by atoms with Crippen molar-refractivity contribution in [2.45, 2.75) is 25.8 Å². The quantitative estimate of drug-likeness (QED) is 0.804. The van der Waals surface area contributed by atoms with Gasteiger partial charge in [0.05, 0.1) is 10.7 Å². The Morgan fingerprint density at radius 1 is 1.69 bits per heavy atom. The van der Waals surface area contributed by atoms with Crippen molar-refractivity contribution >= 4 is 17.3 Å². The summed E-state index contributed by atoms with van der Waals surface area (Å²) in [6, 6.07) is 2.55. The van der Waals surface area contributed by atoms with Crippen molar-refractivity contribution in [3.8, 4) is 0 Å². The Balaban J connectivity index is 1.99. The molecular weight excluding hydrogens is 184 g/mol. The smallest absolute Gasteiger partial charge is 0.0820 e. The number of nitrogens with one attached hydrogen (secondary N) is 1. The van der Waals surface area contributed by atoms with Crippen LogP contribution in [-0.2, 0) is 0 Å². The number of halogens is 1. The molecule has 1 heterocycles. The minimum absolute atomic E-state index is 0.630. The summed E-state index contributed by atoms with van der Waals surface area (Å²) in [7, 11) is 0. The van der Waals surface area contributed by atoms with Gasteiger partial charge in [-0.1, -0.05) is 24.9 Å². The van der Waals surface area contributed by atoms with Crippen LogP contribution in [0.3, 0.4) is 0 Å². The lowest BCUT2D eigenvalue weighted by Crippen LogP contribution is -2.04. The highest BCUT2D eigenvalue weighted by Gasteiger charge is 2.35.